The third kappa shape index (κ3) is 1.70. The third-order valence-electron chi connectivity index (χ3n) is 3.41. The number of carbonyl (C=O) groups is 1. The molecule has 2 fully saturated rings. The van der Waals surface area contributed by atoms with Crippen molar-refractivity contribution in [2.24, 2.45) is 5.41 Å². The van der Waals surface area contributed by atoms with Crippen LogP contribution in [0.25, 0.3) is 0 Å². The van der Waals surface area contributed by atoms with Gasteiger partial charge in [-0.05, 0) is 19.4 Å². The van der Waals surface area contributed by atoms with Gasteiger partial charge in [0.1, 0.15) is 0 Å². The highest BCUT2D eigenvalue weighted by atomic mass is 16.1. The fraction of sp³-hybridized carbons (Fsp3) is 0.900. The molecule has 1 amide bonds. The van der Waals surface area contributed by atoms with Crippen LogP contribution in [0.3, 0.4) is 0 Å². The number of amides is 1. The molecular weight excluding hydrogens is 164 g/mol. The van der Waals surface area contributed by atoms with E-state index in [1.807, 2.05) is 0 Å². The highest BCUT2D eigenvalue weighted by Crippen LogP contribution is 2.33. The van der Waals surface area contributed by atoms with Crippen molar-refractivity contribution in [2.75, 3.05) is 13.1 Å². The van der Waals surface area contributed by atoms with E-state index in [0.717, 1.165) is 13.1 Å². The van der Waals surface area contributed by atoms with Gasteiger partial charge in [-0.25, -0.2) is 0 Å². The molecular formula is C10H18N2O. The standard InChI is InChI=1S/C10H18N2O/c1-10(6-9(13)12-7-10)8-4-2-3-5-11-8/h8,11H,2-7H2,1H3,(H,12,13)/t8-,10+/m1/s1. The average molecular weight is 182 g/mol. The first-order valence-electron chi connectivity index (χ1n) is 5.21. The molecule has 74 valence electrons. The lowest BCUT2D eigenvalue weighted by atomic mass is 9.77. The van der Waals surface area contributed by atoms with E-state index in [0.29, 0.717) is 12.5 Å². The number of piperidine rings is 1. The zero-order chi connectivity index (χ0) is 9.31. The Bertz CT molecular complexity index is 211. The summed E-state index contributed by atoms with van der Waals surface area (Å²) in [6, 6.07) is 0.542. The van der Waals surface area contributed by atoms with Gasteiger partial charge < -0.3 is 10.6 Å². The van der Waals surface area contributed by atoms with Gasteiger partial charge in [-0.1, -0.05) is 13.3 Å². The summed E-state index contributed by atoms with van der Waals surface area (Å²) in [6.07, 6.45) is 4.52. The Morgan fingerprint density at radius 3 is 2.85 bits per heavy atom. The first-order valence-corrected chi connectivity index (χ1v) is 5.21. The minimum absolute atomic E-state index is 0.164. The molecule has 0 aromatic rings. The topological polar surface area (TPSA) is 41.1 Å². The second kappa shape index (κ2) is 3.29. The molecule has 0 saturated carbocycles. The van der Waals surface area contributed by atoms with Gasteiger partial charge >= 0.3 is 0 Å². The Morgan fingerprint density at radius 2 is 2.31 bits per heavy atom. The van der Waals surface area contributed by atoms with E-state index in [1.165, 1.54) is 19.3 Å². The predicted molar refractivity (Wildman–Crippen MR) is 51.4 cm³/mol. The van der Waals surface area contributed by atoms with Gasteiger partial charge in [0.25, 0.3) is 0 Å². The van der Waals surface area contributed by atoms with Crippen molar-refractivity contribution in [1.82, 2.24) is 10.6 Å². The van der Waals surface area contributed by atoms with E-state index in [1.54, 1.807) is 0 Å². The summed E-state index contributed by atoms with van der Waals surface area (Å²) in [7, 11) is 0. The van der Waals surface area contributed by atoms with Crippen molar-refractivity contribution in [3.05, 3.63) is 0 Å². The lowest BCUT2D eigenvalue weighted by Gasteiger charge is -2.36. The van der Waals surface area contributed by atoms with Crippen molar-refractivity contribution in [1.29, 1.82) is 0 Å². The highest BCUT2D eigenvalue weighted by molar-refractivity contribution is 5.79. The monoisotopic (exact) mass is 182 g/mol. The van der Waals surface area contributed by atoms with Crippen LogP contribution in [0.4, 0.5) is 0 Å². The van der Waals surface area contributed by atoms with Gasteiger partial charge in [-0.15, -0.1) is 0 Å². The van der Waals surface area contributed by atoms with Crippen LogP contribution in [0, 0.1) is 5.41 Å². The lowest BCUT2D eigenvalue weighted by Crippen LogP contribution is -2.47. The van der Waals surface area contributed by atoms with Crippen molar-refractivity contribution >= 4 is 5.91 Å². The van der Waals surface area contributed by atoms with E-state index in [-0.39, 0.29) is 11.3 Å². The Morgan fingerprint density at radius 1 is 1.46 bits per heavy atom. The van der Waals surface area contributed by atoms with Gasteiger partial charge in [0.2, 0.25) is 5.91 Å². The molecule has 0 radical (unpaired) electrons. The molecule has 3 heteroatoms. The van der Waals surface area contributed by atoms with Gasteiger partial charge in [0, 0.05) is 24.4 Å². The second-order valence-corrected chi connectivity index (χ2v) is 4.61. The van der Waals surface area contributed by atoms with Gasteiger partial charge in [0.05, 0.1) is 0 Å². The van der Waals surface area contributed by atoms with Crippen LogP contribution >= 0.6 is 0 Å². The SMILES string of the molecule is C[C@@]1([C@H]2CCCCN2)CNC(=O)C1. The molecule has 0 unspecified atom stereocenters. The van der Waals surface area contributed by atoms with E-state index in [2.05, 4.69) is 17.6 Å². The summed E-state index contributed by atoms with van der Waals surface area (Å²) in [6.45, 7) is 4.19. The van der Waals surface area contributed by atoms with Crippen LogP contribution in [0.5, 0.6) is 0 Å². The normalized spacial score (nSPS) is 40.4. The summed E-state index contributed by atoms with van der Waals surface area (Å²) in [5, 5.41) is 6.46. The summed E-state index contributed by atoms with van der Waals surface area (Å²) in [5.74, 6) is 0.217. The quantitative estimate of drug-likeness (QED) is 0.625. The first kappa shape index (κ1) is 9.00. The fourth-order valence-corrected chi connectivity index (χ4v) is 2.49. The molecule has 2 aliphatic rings. The molecule has 0 spiro atoms. The molecule has 2 atom stereocenters. The minimum Gasteiger partial charge on any atom is -0.355 e. The molecule has 2 heterocycles. The van der Waals surface area contributed by atoms with Crippen LogP contribution in [0.15, 0.2) is 0 Å². The number of nitrogens with one attached hydrogen (secondary N) is 2. The smallest absolute Gasteiger partial charge is 0.220 e. The third-order valence-corrected chi connectivity index (χ3v) is 3.41. The van der Waals surface area contributed by atoms with Crippen LogP contribution < -0.4 is 10.6 Å². The number of carbonyl (C=O) groups excluding carboxylic acids is 1. The van der Waals surface area contributed by atoms with Crippen LogP contribution in [-0.2, 0) is 4.79 Å². The minimum atomic E-state index is 0.164. The summed E-state index contributed by atoms with van der Waals surface area (Å²) >= 11 is 0. The van der Waals surface area contributed by atoms with Crippen LogP contribution in [-0.4, -0.2) is 25.0 Å². The Labute approximate surface area is 79.3 Å². The van der Waals surface area contributed by atoms with Gasteiger partial charge in [-0.2, -0.15) is 0 Å². The van der Waals surface area contributed by atoms with E-state index in [9.17, 15) is 4.79 Å². The van der Waals surface area contributed by atoms with E-state index in [4.69, 9.17) is 0 Å². The Balaban J connectivity index is 2.01. The lowest BCUT2D eigenvalue weighted by molar-refractivity contribution is -0.119. The molecule has 13 heavy (non-hydrogen) atoms. The molecule has 3 nitrogen and oxygen atoms in total. The first-order chi connectivity index (χ1) is 6.21. The number of hydrogen-bond acceptors (Lipinski definition) is 2. The highest BCUT2D eigenvalue weighted by Gasteiger charge is 2.40. The molecule has 2 rings (SSSR count). The van der Waals surface area contributed by atoms with Gasteiger partial charge in [0.15, 0.2) is 0 Å². The van der Waals surface area contributed by atoms with Crippen molar-refractivity contribution in [2.45, 2.75) is 38.6 Å². The summed E-state index contributed by atoms with van der Waals surface area (Å²) < 4.78 is 0. The maximum absolute atomic E-state index is 11.2. The maximum Gasteiger partial charge on any atom is 0.220 e. The largest absolute Gasteiger partial charge is 0.355 e. The van der Waals surface area contributed by atoms with E-state index >= 15 is 0 Å². The predicted octanol–water partition coefficient (Wildman–Crippen LogP) is 0.655. The summed E-state index contributed by atoms with van der Waals surface area (Å²) in [4.78, 5) is 11.2. The van der Waals surface area contributed by atoms with Gasteiger partial charge in [-0.3, -0.25) is 4.79 Å². The zero-order valence-corrected chi connectivity index (χ0v) is 8.23. The molecule has 0 aliphatic carbocycles. The number of rotatable bonds is 1. The zero-order valence-electron chi connectivity index (χ0n) is 8.23. The Kier molecular flexibility index (Phi) is 2.28. The van der Waals surface area contributed by atoms with Crippen molar-refractivity contribution in [3.8, 4) is 0 Å². The van der Waals surface area contributed by atoms with E-state index < -0.39 is 0 Å². The number of hydrogen-bond donors (Lipinski definition) is 2. The van der Waals surface area contributed by atoms with Crippen molar-refractivity contribution < 1.29 is 4.79 Å². The summed E-state index contributed by atoms with van der Waals surface area (Å²) in [5.41, 5.74) is 0.164. The fourth-order valence-electron chi connectivity index (χ4n) is 2.49. The van der Waals surface area contributed by atoms with Crippen LogP contribution in [0.2, 0.25) is 0 Å². The average Bonchev–Trinajstić information content (AvgIpc) is 2.49. The van der Waals surface area contributed by atoms with Crippen molar-refractivity contribution in [3.63, 3.8) is 0 Å². The molecule has 0 aromatic carbocycles. The molecule has 0 aromatic heterocycles. The molecule has 2 saturated heterocycles. The second-order valence-electron chi connectivity index (χ2n) is 4.61. The molecule has 2 N–H and O–H groups in total. The molecule has 2 aliphatic heterocycles. The molecule has 0 bridgehead atoms. The maximum atomic E-state index is 11.2. The van der Waals surface area contributed by atoms with Crippen LogP contribution in [0.1, 0.15) is 32.6 Å². The Hall–Kier alpha value is -0.570.